The molecular formula is C19H18N6O2. The van der Waals surface area contributed by atoms with Crippen molar-refractivity contribution in [3.63, 3.8) is 0 Å². The molecule has 0 saturated heterocycles. The van der Waals surface area contributed by atoms with Crippen molar-refractivity contribution < 1.29 is 4.79 Å². The quantitative estimate of drug-likeness (QED) is 0.738. The molecule has 3 rings (SSSR count). The highest BCUT2D eigenvalue weighted by Gasteiger charge is 2.16. The first-order valence-electron chi connectivity index (χ1n) is 8.41. The number of nitrogens with one attached hydrogen (secondary N) is 2. The first-order chi connectivity index (χ1) is 12.9. The van der Waals surface area contributed by atoms with Crippen molar-refractivity contribution in [2.45, 2.75) is 27.2 Å². The van der Waals surface area contributed by atoms with Crippen LogP contribution >= 0.6 is 0 Å². The van der Waals surface area contributed by atoms with Gasteiger partial charge in [-0.25, -0.2) is 4.98 Å². The third-order valence-electron chi connectivity index (χ3n) is 4.09. The number of aromatic nitrogens is 4. The van der Waals surface area contributed by atoms with E-state index in [0.717, 1.165) is 0 Å². The summed E-state index contributed by atoms with van der Waals surface area (Å²) in [6.45, 7) is 5.42. The number of nitrogens with zero attached hydrogens (tertiary/aromatic N) is 4. The molecule has 0 spiro atoms. The summed E-state index contributed by atoms with van der Waals surface area (Å²) in [5.74, 6) is 0.202. The Bertz CT molecular complexity index is 1120. The van der Waals surface area contributed by atoms with Gasteiger partial charge in [0.2, 0.25) is 5.95 Å². The minimum Gasteiger partial charge on any atom is -0.306 e. The van der Waals surface area contributed by atoms with Crippen LogP contribution in [0.3, 0.4) is 0 Å². The summed E-state index contributed by atoms with van der Waals surface area (Å²) in [5.41, 5.74) is 2.38. The molecule has 1 aromatic carbocycles. The monoisotopic (exact) mass is 362 g/mol. The Morgan fingerprint density at radius 3 is 2.78 bits per heavy atom. The number of carbonyl (C=O) groups is 1. The molecule has 0 saturated carbocycles. The number of benzene rings is 1. The lowest BCUT2D eigenvalue weighted by molar-refractivity contribution is 0.102. The SMILES string of the molecule is CCc1c(C)nc(-n2nc(C)cc2NC(=O)c2cccc(C#N)c2)[nH]c1=O. The van der Waals surface area contributed by atoms with Gasteiger partial charge < -0.3 is 5.32 Å². The number of hydrogen-bond acceptors (Lipinski definition) is 5. The lowest BCUT2D eigenvalue weighted by Crippen LogP contribution is -2.22. The number of anilines is 1. The molecule has 27 heavy (non-hydrogen) atoms. The van der Waals surface area contributed by atoms with E-state index >= 15 is 0 Å². The zero-order valence-electron chi connectivity index (χ0n) is 15.2. The highest BCUT2D eigenvalue weighted by Crippen LogP contribution is 2.16. The Labute approximate surface area is 155 Å². The topological polar surface area (TPSA) is 116 Å². The third kappa shape index (κ3) is 3.62. The van der Waals surface area contributed by atoms with E-state index in [-0.39, 0.29) is 11.5 Å². The fraction of sp³-hybridized carbons (Fsp3) is 0.211. The second-order valence-electron chi connectivity index (χ2n) is 6.04. The maximum absolute atomic E-state index is 12.6. The zero-order valence-corrected chi connectivity index (χ0v) is 15.2. The Morgan fingerprint density at radius 1 is 1.33 bits per heavy atom. The molecule has 0 unspecified atom stereocenters. The maximum atomic E-state index is 12.6. The summed E-state index contributed by atoms with van der Waals surface area (Å²) in [6, 6.07) is 10.1. The van der Waals surface area contributed by atoms with E-state index in [9.17, 15) is 9.59 Å². The lowest BCUT2D eigenvalue weighted by atomic mass is 10.1. The normalized spacial score (nSPS) is 10.4. The van der Waals surface area contributed by atoms with Crippen molar-refractivity contribution in [1.29, 1.82) is 5.26 Å². The van der Waals surface area contributed by atoms with Gasteiger partial charge in [-0.3, -0.25) is 14.6 Å². The average Bonchev–Trinajstić information content (AvgIpc) is 3.01. The number of amides is 1. The molecule has 0 fully saturated rings. The molecule has 2 N–H and O–H groups in total. The van der Waals surface area contributed by atoms with E-state index in [1.54, 1.807) is 38.1 Å². The molecule has 0 aliphatic rings. The number of H-pyrrole nitrogens is 1. The van der Waals surface area contributed by atoms with Crippen molar-refractivity contribution in [3.8, 4) is 12.0 Å². The van der Waals surface area contributed by atoms with Crippen molar-refractivity contribution in [2.75, 3.05) is 5.32 Å². The number of aromatic amines is 1. The number of nitriles is 1. The Morgan fingerprint density at radius 2 is 2.11 bits per heavy atom. The molecule has 3 aromatic rings. The van der Waals surface area contributed by atoms with Gasteiger partial charge in [-0.05, 0) is 38.5 Å². The first kappa shape index (κ1) is 18.1. The van der Waals surface area contributed by atoms with Crippen molar-refractivity contribution in [2.24, 2.45) is 0 Å². The molecule has 1 amide bonds. The minimum absolute atomic E-state index is 0.226. The Hall–Kier alpha value is -3.73. The molecule has 2 aromatic heterocycles. The van der Waals surface area contributed by atoms with Crippen molar-refractivity contribution in [1.82, 2.24) is 19.7 Å². The molecule has 0 bridgehead atoms. The van der Waals surface area contributed by atoms with E-state index in [2.05, 4.69) is 20.4 Å². The van der Waals surface area contributed by atoms with Crippen LogP contribution in [-0.2, 0) is 6.42 Å². The third-order valence-corrected chi connectivity index (χ3v) is 4.09. The molecule has 0 aliphatic heterocycles. The van der Waals surface area contributed by atoms with Crippen LogP contribution in [-0.4, -0.2) is 25.7 Å². The molecular weight excluding hydrogens is 344 g/mol. The number of rotatable bonds is 4. The van der Waals surface area contributed by atoms with Crippen LogP contribution in [0, 0.1) is 25.2 Å². The van der Waals surface area contributed by atoms with E-state index in [1.807, 2.05) is 13.0 Å². The van der Waals surface area contributed by atoms with Gasteiger partial charge in [0.15, 0.2) is 0 Å². The zero-order chi connectivity index (χ0) is 19.6. The number of carbonyl (C=O) groups excluding carboxylic acids is 1. The Balaban J connectivity index is 1.99. The van der Waals surface area contributed by atoms with Gasteiger partial charge in [0.1, 0.15) is 5.82 Å². The number of aryl methyl sites for hydroxylation is 2. The van der Waals surface area contributed by atoms with Crippen LogP contribution in [0.2, 0.25) is 0 Å². The van der Waals surface area contributed by atoms with Gasteiger partial charge >= 0.3 is 0 Å². The van der Waals surface area contributed by atoms with E-state index in [0.29, 0.717) is 40.3 Å². The standard InChI is InChI=1S/C19H18N6O2/c1-4-15-12(3)21-19(23-18(15)27)25-16(8-11(2)24-25)22-17(26)14-7-5-6-13(9-14)10-20/h5-9H,4H2,1-3H3,(H,22,26)(H,21,23,27). The molecule has 0 atom stereocenters. The van der Waals surface area contributed by atoms with Crippen molar-refractivity contribution >= 4 is 11.7 Å². The highest BCUT2D eigenvalue weighted by molar-refractivity contribution is 6.04. The molecule has 0 aliphatic carbocycles. The predicted octanol–water partition coefficient (Wildman–Crippen LogP) is 2.26. The summed E-state index contributed by atoms with van der Waals surface area (Å²) in [6.07, 6.45) is 0.575. The van der Waals surface area contributed by atoms with Gasteiger partial charge in [0.25, 0.3) is 11.5 Å². The fourth-order valence-corrected chi connectivity index (χ4v) is 2.78. The predicted molar refractivity (Wildman–Crippen MR) is 99.9 cm³/mol. The van der Waals surface area contributed by atoms with Crippen molar-refractivity contribution in [3.05, 3.63) is 68.8 Å². The highest BCUT2D eigenvalue weighted by atomic mass is 16.1. The van der Waals surface area contributed by atoms with Crippen LogP contribution in [0.15, 0.2) is 35.1 Å². The Kier molecular flexibility index (Phi) is 4.86. The van der Waals surface area contributed by atoms with E-state index in [4.69, 9.17) is 5.26 Å². The largest absolute Gasteiger partial charge is 0.306 e. The molecule has 2 heterocycles. The van der Waals surface area contributed by atoms with Crippen LogP contribution < -0.4 is 10.9 Å². The van der Waals surface area contributed by atoms with Gasteiger partial charge in [-0.2, -0.15) is 15.0 Å². The van der Waals surface area contributed by atoms with Gasteiger partial charge in [-0.15, -0.1) is 0 Å². The molecule has 8 heteroatoms. The summed E-state index contributed by atoms with van der Waals surface area (Å²) in [4.78, 5) is 31.9. The maximum Gasteiger partial charge on any atom is 0.256 e. The van der Waals surface area contributed by atoms with Crippen LogP contribution in [0.25, 0.3) is 5.95 Å². The van der Waals surface area contributed by atoms with Crippen LogP contribution in [0.1, 0.15) is 39.8 Å². The van der Waals surface area contributed by atoms with E-state index in [1.165, 1.54) is 10.7 Å². The lowest BCUT2D eigenvalue weighted by Gasteiger charge is -2.10. The molecule has 8 nitrogen and oxygen atoms in total. The summed E-state index contributed by atoms with van der Waals surface area (Å²) in [7, 11) is 0. The van der Waals surface area contributed by atoms with Crippen LogP contribution in [0.5, 0.6) is 0 Å². The minimum atomic E-state index is -0.391. The molecule has 136 valence electrons. The number of hydrogen-bond donors (Lipinski definition) is 2. The summed E-state index contributed by atoms with van der Waals surface area (Å²) < 4.78 is 1.38. The van der Waals surface area contributed by atoms with Crippen LogP contribution in [0.4, 0.5) is 5.82 Å². The second kappa shape index (κ2) is 7.25. The fourth-order valence-electron chi connectivity index (χ4n) is 2.78. The summed E-state index contributed by atoms with van der Waals surface area (Å²) in [5, 5.41) is 16.1. The average molecular weight is 362 g/mol. The van der Waals surface area contributed by atoms with E-state index < -0.39 is 5.91 Å². The summed E-state index contributed by atoms with van der Waals surface area (Å²) >= 11 is 0. The molecule has 0 radical (unpaired) electrons. The van der Waals surface area contributed by atoms with Gasteiger partial charge in [-0.1, -0.05) is 13.0 Å². The van der Waals surface area contributed by atoms with Gasteiger partial charge in [0.05, 0.1) is 17.3 Å². The van der Waals surface area contributed by atoms with Gasteiger partial charge in [0, 0.05) is 22.9 Å². The smallest absolute Gasteiger partial charge is 0.256 e. The second-order valence-corrected chi connectivity index (χ2v) is 6.04. The first-order valence-corrected chi connectivity index (χ1v) is 8.41.